The number of nitro benzene ring substituents is 1. The van der Waals surface area contributed by atoms with Crippen molar-refractivity contribution in [1.82, 2.24) is 14.8 Å². The lowest BCUT2D eigenvalue weighted by Gasteiger charge is -2.19. The smallest absolute Gasteiger partial charge is 0.289 e. The summed E-state index contributed by atoms with van der Waals surface area (Å²) in [7, 11) is 1.84. The first-order chi connectivity index (χ1) is 14.6. The summed E-state index contributed by atoms with van der Waals surface area (Å²) in [6.07, 6.45) is 0. The highest BCUT2D eigenvalue weighted by Gasteiger charge is 2.17. The van der Waals surface area contributed by atoms with E-state index in [-0.39, 0.29) is 27.8 Å². The van der Waals surface area contributed by atoms with E-state index in [1.165, 1.54) is 35.5 Å². The Bertz CT molecular complexity index is 1120. The third-order valence-electron chi connectivity index (χ3n) is 4.60. The molecule has 0 fully saturated rings. The van der Waals surface area contributed by atoms with Crippen LogP contribution in [-0.4, -0.2) is 31.3 Å². The summed E-state index contributed by atoms with van der Waals surface area (Å²) in [4.78, 5) is 22.7. The van der Waals surface area contributed by atoms with Crippen molar-refractivity contribution in [2.45, 2.75) is 31.3 Å². The van der Waals surface area contributed by atoms with Gasteiger partial charge in [-0.2, -0.15) is 0 Å². The van der Waals surface area contributed by atoms with Gasteiger partial charge in [0.25, 0.3) is 5.69 Å². The van der Waals surface area contributed by atoms with Crippen molar-refractivity contribution in [3.8, 4) is 11.4 Å². The third-order valence-corrected chi connectivity index (χ3v) is 5.94. The van der Waals surface area contributed by atoms with Gasteiger partial charge >= 0.3 is 0 Å². The second-order valence-electron chi connectivity index (χ2n) is 7.95. The first kappa shape index (κ1) is 22.8. The molecule has 3 aromatic rings. The van der Waals surface area contributed by atoms with E-state index in [2.05, 4.69) is 48.4 Å². The molecule has 2 aromatic carbocycles. The number of nitro groups is 1. The van der Waals surface area contributed by atoms with Crippen LogP contribution in [-0.2, 0) is 17.3 Å². The number of benzene rings is 2. The van der Waals surface area contributed by atoms with Crippen LogP contribution in [0, 0.1) is 10.1 Å². The predicted molar refractivity (Wildman–Crippen MR) is 123 cm³/mol. The van der Waals surface area contributed by atoms with Crippen molar-refractivity contribution in [1.29, 1.82) is 0 Å². The van der Waals surface area contributed by atoms with Gasteiger partial charge in [0.2, 0.25) is 5.91 Å². The van der Waals surface area contributed by atoms with Crippen LogP contribution >= 0.6 is 23.4 Å². The first-order valence-electron chi connectivity index (χ1n) is 9.43. The topological polar surface area (TPSA) is 103 Å². The molecule has 0 saturated heterocycles. The first-order valence-corrected chi connectivity index (χ1v) is 10.8. The van der Waals surface area contributed by atoms with Crippen molar-refractivity contribution < 1.29 is 9.72 Å². The molecule has 1 amide bonds. The summed E-state index contributed by atoms with van der Waals surface area (Å²) in [6, 6.07) is 12.3. The van der Waals surface area contributed by atoms with Gasteiger partial charge in [-0.15, -0.1) is 10.2 Å². The monoisotopic (exact) mass is 459 g/mol. The van der Waals surface area contributed by atoms with Crippen molar-refractivity contribution in [2.24, 2.45) is 7.05 Å². The van der Waals surface area contributed by atoms with Gasteiger partial charge in [-0.05, 0) is 23.1 Å². The van der Waals surface area contributed by atoms with Gasteiger partial charge in [0.1, 0.15) is 5.02 Å². The van der Waals surface area contributed by atoms with Gasteiger partial charge in [0.15, 0.2) is 11.0 Å². The second-order valence-corrected chi connectivity index (χ2v) is 9.30. The zero-order valence-corrected chi connectivity index (χ0v) is 19.1. The SMILES string of the molecule is Cn1c(SCC(=O)Nc2ccc(Cl)c([N+](=O)[O-])c2)nnc1-c1ccc(C(C)(C)C)cc1. The summed E-state index contributed by atoms with van der Waals surface area (Å²) in [5, 5.41) is 22.6. The van der Waals surface area contributed by atoms with Crippen molar-refractivity contribution in [2.75, 3.05) is 11.1 Å². The van der Waals surface area contributed by atoms with E-state index in [1.807, 2.05) is 23.7 Å². The number of rotatable bonds is 6. The van der Waals surface area contributed by atoms with E-state index in [4.69, 9.17) is 11.6 Å². The van der Waals surface area contributed by atoms with E-state index in [0.29, 0.717) is 16.7 Å². The molecule has 0 atom stereocenters. The number of thioether (sulfide) groups is 1. The summed E-state index contributed by atoms with van der Waals surface area (Å²) in [5.41, 5.74) is 2.28. The fourth-order valence-corrected chi connectivity index (χ4v) is 3.77. The number of carbonyl (C=O) groups excluding carboxylic acids is 1. The number of hydrogen-bond acceptors (Lipinski definition) is 6. The van der Waals surface area contributed by atoms with Crippen LogP contribution in [0.1, 0.15) is 26.3 Å². The van der Waals surface area contributed by atoms with Crippen molar-refractivity contribution in [3.05, 3.63) is 63.2 Å². The molecule has 1 aromatic heterocycles. The normalized spacial score (nSPS) is 11.4. The molecule has 3 rings (SSSR count). The van der Waals surface area contributed by atoms with Gasteiger partial charge < -0.3 is 9.88 Å². The Morgan fingerprint density at radius 2 is 1.87 bits per heavy atom. The van der Waals surface area contributed by atoms with Crippen molar-refractivity contribution in [3.63, 3.8) is 0 Å². The van der Waals surface area contributed by atoms with Crippen LogP contribution in [0.3, 0.4) is 0 Å². The van der Waals surface area contributed by atoms with Gasteiger partial charge in [-0.25, -0.2) is 0 Å². The van der Waals surface area contributed by atoms with Gasteiger partial charge in [-0.1, -0.05) is 68.4 Å². The van der Waals surface area contributed by atoms with Crippen molar-refractivity contribution >= 4 is 40.6 Å². The number of nitrogens with zero attached hydrogens (tertiary/aromatic N) is 4. The number of nitrogens with one attached hydrogen (secondary N) is 1. The maximum atomic E-state index is 12.3. The lowest BCUT2D eigenvalue weighted by Crippen LogP contribution is -2.14. The lowest BCUT2D eigenvalue weighted by atomic mass is 9.87. The largest absolute Gasteiger partial charge is 0.325 e. The van der Waals surface area contributed by atoms with Crippen LogP contribution in [0.4, 0.5) is 11.4 Å². The van der Waals surface area contributed by atoms with Crippen LogP contribution in [0.15, 0.2) is 47.6 Å². The van der Waals surface area contributed by atoms with Crippen LogP contribution in [0.25, 0.3) is 11.4 Å². The molecule has 0 saturated carbocycles. The second kappa shape index (κ2) is 9.07. The maximum absolute atomic E-state index is 12.3. The summed E-state index contributed by atoms with van der Waals surface area (Å²) >= 11 is 7.02. The minimum Gasteiger partial charge on any atom is -0.325 e. The molecule has 0 spiro atoms. The molecule has 10 heteroatoms. The molecule has 31 heavy (non-hydrogen) atoms. The molecule has 0 aliphatic rings. The number of hydrogen-bond donors (Lipinski definition) is 1. The minimum absolute atomic E-state index is 0.0134. The van der Waals surface area contributed by atoms with E-state index in [0.717, 1.165) is 5.56 Å². The molecule has 1 heterocycles. The number of carbonyl (C=O) groups is 1. The quantitative estimate of drug-likeness (QED) is 0.313. The standard InChI is InChI=1S/C21H22ClN5O3S/c1-21(2,3)14-7-5-13(6-8-14)19-24-25-20(26(19)4)31-12-18(28)23-15-9-10-16(22)17(11-15)27(29)30/h5-11H,12H2,1-4H3,(H,23,28). The van der Waals surface area contributed by atoms with E-state index < -0.39 is 4.92 Å². The Hall–Kier alpha value is -2.91. The minimum atomic E-state index is -0.595. The molecular formula is C21H22ClN5O3S. The molecule has 0 aliphatic carbocycles. The highest BCUT2D eigenvalue weighted by molar-refractivity contribution is 7.99. The number of anilines is 1. The zero-order chi connectivity index (χ0) is 22.8. The molecule has 8 nitrogen and oxygen atoms in total. The fourth-order valence-electron chi connectivity index (χ4n) is 2.87. The van der Waals surface area contributed by atoms with Gasteiger partial charge in [-0.3, -0.25) is 14.9 Å². The lowest BCUT2D eigenvalue weighted by molar-refractivity contribution is -0.384. The number of amides is 1. The predicted octanol–water partition coefficient (Wildman–Crippen LogP) is 5.07. The number of halogens is 1. The Kier molecular flexibility index (Phi) is 6.66. The maximum Gasteiger partial charge on any atom is 0.289 e. The average molecular weight is 460 g/mol. The molecule has 0 bridgehead atoms. The average Bonchev–Trinajstić information content (AvgIpc) is 3.07. The van der Waals surface area contributed by atoms with Gasteiger partial charge in [0, 0.05) is 24.4 Å². The Labute approximate surface area is 189 Å². The Morgan fingerprint density at radius 3 is 2.48 bits per heavy atom. The molecule has 162 valence electrons. The van der Waals surface area contributed by atoms with Gasteiger partial charge in [0.05, 0.1) is 10.7 Å². The molecule has 0 unspecified atom stereocenters. The highest BCUT2D eigenvalue weighted by atomic mass is 35.5. The van der Waals surface area contributed by atoms with E-state index in [1.54, 1.807) is 0 Å². The number of aromatic nitrogens is 3. The van der Waals surface area contributed by atoms with Crippen LogP contribution in [0.5, 0.6) is 0 Å². The third kappa shape index (κ3) is 5.42. The summed E-state index contributed by atoms with van der Waals surface area (Å²) in [5.74, 6) is 0.461. The van der Waals surface area contributed by atoms with E-state index >= 15 is 0 Å². The van der Waals surface area contributed by atoms with Crippen LogP contribution < -0.4 is 5.32 Å². The Balaban J connectivity index is 1.65. The molecule has 0 aliphatic heterocycles. The summed E-state index contributed by atoms with van der Waals surface area (Å²) < 4.78 is 1.83. The Morgan fingerprint density at radius 1 is 1.19 bits per heavy atom. The van der Waals surface area contributed by atoms with Crippen LogP contribution in [0.2, 0.25) is 5.02 Å². The highest BCUT2D eigenvalue weighted by Crippen LogP contribution is 2.29. The fraction of sp³-hybridized carbons (Fsp3) is 0.286. The molecular weight excluding hydrogens is 438 g/mol. The van der Waals surface area contributed by atoms with E-state index in [9.17, 15) is 14.9 Å². The summed E-state index contributed by atoms with van der Waals surface area (Å²) in [6.45, 7) is 6.48. The zero-order valence-electron chi connectivity index (χ0n) is 17.5. The molecule has 1 N–H and O–H groups in total. The molecule has 0 radical (unpaired) electrons.